The van der Waals surface area contributed by atoms with Gasteiger partial charge in [0.25, 0.3) is 0 Å². The van der Waals surface area contributed by atoms with Crippen molar-refractivity contribution in [1.29, 1.82) is 0 Å². The fourth-order valence-electron chi connectivity index (χ4n) is 3.84. The lowest BCUT2D eigenvalue weighted by Gasteiger charge is -2.33. The molecule has 10 heteroatoms. The molecule has 0 saturated carbocycles. The maximum absolute atomic E-state index is 13.5. The molecule has 10 nitrogen and oxygen atoms in total. The molecule has 2 amide bonds. The highest BCUT2D eigenvalue weighted by Crippen LogP contribution is 2.32. The molecule has 1 fully saturated rings. The molecule has 3 rings (SSSR count). The number of benzene rings is 1. The molecule has 200 valence electrons. The largest absolute Gasteiger partial charge is 0.445 e. The van der Waals surface area contributed by atoms with E-state index in [0.717, 1.165) is 11.3 Å². The van der Waals surface area contributed by atoms with Crippen LogP contribution in [0.5, 0.6) is 0 Å². The number of ether oxygens (including phenoxy) is 3. The highest BCUT2D eigenvalue weighted by molar-refractivity contribution is 5.89. The Hall–Kier alpha value is -3.63. The van der Waals surface area contributed by atoms with Gasteiger partial charge in [0, 0.05) is 30.5 Å². The molecule has 1 aliphatic heterocycles. The number of nitrogens with zero attached hydrogens (tertiary/aromatic N) is 3. The lowest BCUT2D eigenvalue weighted by atomic mass is 10.1. The Kier molecular flexibility index (Phi) is 9.48. The number of pyridine rings is 1. The number of rotatable bonds is 8. The van der Waals surface area contributed by atoms with Crippen LogP contribution in [-0.4, -0.2) is 60.8 Å². The van der Waals surface area contributed by atoms with Crippen molar-refractivity contribution in [2.75, 3.05) is 48.0 Å². The fraction of sp³-hybridized carbons (Fsp3) is 0.444. The number of amides is 2. The van der Waals surface area contributed by atoms with Gasteiger partial charge in [-0.2, -0.15) is 0 Å². The molecule has 1 aliphatic rings. The van der Waals surface area contributed by atoms with E-state index in [1.54, 1.807) is 39.0 Å². The number of hydrogen-bond donors (Lipinski definition) is 2. The van der Waals surface area contributed by atoms with E-state index in [0.29, 0.717) is 43.5 Å². The summed E-state index contributed by atoms with van der Waals surface area (Å²) in [6, 6.07) is 10.2. The van der Waals surface area contributed by atoms with E-state index in [1.807, 2.05) is 25.1 Å². The zero-order valence-electron chi connectivity index (χ0n) is 21.9. The molecule has 0 radical (unpaired) electrons. The van der Waals surface area contributed by atoms with Gasteiger partial charge in [-0.05, 0) is 51.5 Å². The normalized spacial score (nSPS) is 14.5. The molecule has 1 aromatic carbocycles. The van der Waals surface area contributed by atoms with Gasteiger partial charge in [0.15, 0.2) is 0 Å². The van der Waals surface area contributed by atoms with Crippen molar-refractivity contribution in [3.8, 4) is 0 Å². The van der Waals surface area contributed by atoms with Crippen LogP contribution >= 0.6 is 0 Å². The number of aromatic nitrogens is 1. The summed E-state index contributed by atoms with van der Waals surface area (Å²) in [5.41, 5.74) is 1.76. The van der Waals surface area contributed by atoms with Gasteiger partial charge in [-0.1, -0.05) is 24.8 Å². The molecule has 1 atom stereocenters. The number of anilines is 3. The molecule has 1 saturated heterocycles. The molecule has 1 unspecified atom stereocenters. The Morgan fingerprint density at radius 1 is 1.27 bits per heavy atom. The predicted molar refractivity (Wildman–Crippen MR) is 142 cm³/mol. The van der Waals surface area contributed by atoms with Crippen molar-refractivity contribution >= 4 is 29.4 Å². The zero-order valence-corrected chi connectivity index (χ0v) is 21.9. The van der Waals surface area contributed by atoms with Gasteiger partial charge in [-0.3, -0.25) is 10.2 Å². The minimum atomic E-state index is -0.741. The third-order valence-corrected chi connectivity index (χ3v) is 5.56. The highest BCUT2D eigenvalue weighted by Gasteiger charge is 2.30. The quantitative estimate of drug-likeness (QED) is 0.492. The average molecular weight is 513 g/mol. The van der Waals surface area contributed by atoms with Gasteiger partial charge >= 0.3 is 12.2 Å². The lowest BCUT2D eigenvalue weighted by molar-refractivity contribution is 0.0566. The number of morpholine rings is 1. The van der Waals surface area contributed by atoms with Gasteiger partial charge in [0.05, 0.1) is 31.6 Å². The van der Waals surface area contributed by atoms with E-state index in [1.165, 1.54) is 11.0 Å². The third kappa shape index (κ3) is 7.93. The smallest absolute Gasteiger partial charge is 0.416 e. The number of nitrogens with one attached hydrogen (secondary N) is 1. The summed E-state index contributed by atoms with van der Waals surface area (Å²) in [6.45, 7) is 13.1. The molecule has 0 spiro atoms. The molecule has 2 N–H and O–H groups in total. The molecule has 1 aromatic heterocycles. The topological polar surface area (TPSA) is 113 Å². The van der Waals surface area contributed by atoms with Crippen LogP contribution in [-0.2, 0) is 20.8 Å². The number of carbonyl (C=O) groups excluding carboxylic acids is 2. The first-order valence-corrected chi connectivity index (χ1v) is 12.2. The monoisotopic (exact) mass is 512 g/mol. The molecule has 0 aliphatic carbocycles. The number of aliphatic hydroxyl groups excluding tert-OH is 1. The second kappa shape index (κ2) is 12.6. The predicted octanol–water partition coefficient (Wildman–Crippen LogP) is 4.65. The summed E-state index contributed by atoms with van der Waals surface area (Å²) >= 11 is 0. The summed E-state index contributed by atoms with van der Waals surface area (Å²) in [7, 11) is 0. The van der Waals surface area contributed by atoms with Crippen LogP contribution in [0.3, 0.4) is 0 Å². The average Bonchev–Trinajstić information content (AvgIpc) is 2.87. The van der Waals surface area contributed by atoms with Crippen LogP contribution < -0.4 is 15.1 Å². The van der Waals surface area contributed by atoms with Gasteiger partial charge in [0.1, 0.15) is 18.0 Å². The molecule has 2 aromatic rings. The lowest BCUT2D eigenvalue weighted by Crippen LogP contribution is -2.40. The maximum Gasteiger partial charge on any atom is 0.416 e. The van der Waals surface area contributed by atoms with E-state index in [-0.39, 0.29) is 13.2 Å². The molecular formula is C27H36N4O6. The summed E-state index contributed by atoms with van der Waals surface area (Å²) in [4.78, 5) is 33.7. The zero-order chi connectivity index (χ0) is 27.0. The Labute approximate surface area is 217 Å². The van der Waals surface area contributed by atoms with Gasteiger partial charge in [0.2, 0.25) is 0 Å². The molecular weight excluding hydrogens is 476 g/mol. The first-order chi connectivity index (χ1) is 17.6. The van der Waals surface area contributed by atoms with Crippen LogP contribution in [0.1, 0.15) is 45.0 Å². The van der Waals surface area contributed by atoms with E-state index in [9.17, 15) is 14.7 Å². The summed E-state index contributed by atoms with van der Waals surface area (Å²) < 4.78 is 16.2. The van der Waals surface area contributed by atoms with Gasteiger partial charge < -0.3 is 24.2 Å². The Balaban J connectivity index is 1.99. The SMILES string of the molecule is C=CCOC(=O)Nc1cccc(C(C)N(C(=O)OC(C)(C)C)c2cc(N3CCOCC3)cc(CO)n2)c1. The maximum atomic E-state index is 13.5. The van der Waals surface area contributed by atoms with Crippen LogP contribution in [0.2, 0.25) is 0 Å². The van der Waals surface area contributed by atoms with Gasteiger partial charge in [-0.15, -0.1) is 0 Å². The van der Waals surface area contributed by atoms with Crippen molar-refractivity contribution in [3.63, 3.8) is 0 Å². The van der Waals surface area contributed by atoms with Crippen LogP contribution in [0.25, 0.3) is 0 Å². The van der Waals surface area contributed by atoms with E-state index in [2.05, 4.69) is 21.8 Å². The Morgan fingerprint density at radius 2 is 2.00 bits per heavy atom. The minimum Gasteiger partial charge on any atom is -0.445 e. The second-order valence-electron chi connectivity index (χ2n) is 9.60. The van der Waals surface area contributed by atoms with Crippen molar-refractivity contribution < 1.29 is 28.9 Å². The summed E-state index contributed by atoms with van der Waals surface area (Å²) in [5.74, 6) is 0.346. The first kappa shape index (κ1) is 27.9. The summed E-state index contributed by atoms with van der Waals surface area (Å²) in [6.07, 6.45) is 0.288. The fourth-order valence-corrected chi connectivity index (χ4v) is 3.84. The summed E-state index contributed by atoms with van der Waals surface area (Å²) in [5, 5.41) is 12.6. The van der Waals surface area contributed by atoms with Crippen molar-refractivity contribution in [2.24, 2.45) is 0 Å². The first-order valence-electron chi connectivity index (χ1n) is 12.2. The van der Waals surface area contributed by atoms with Gasteiger partial charge in [-0.25, -0.2) is 14.6 Å². The van der Waals surface area contributed by atoms with E-state index >= 15 is 0 Å². The number of hydrogen-bond acceptors (Lipinski definition) is 8. The van der Waals surface area contributed by atoms with E-state index in [4.69, 9.17) is 14.2 Å². The van der Waals surface area contributed by atoms with Crippen LogP contribution in [0.15, 0.2) is 49.1 Å². The molecule has 37 heavy (non-hydrogen) atoms. The van der Waals surface area contributed by atoms with E-state index < -0.39 is 23.8 Å². The standard InChI is InChI=1S/C27H36N4O6/c1-6-12-36-25(33)29-21-9-7-8-20(15-21)19(2)31(26(34)37-27(3,4)5)24-17-23(16-22(18-32)28-24)30-10-13-35-14-11-30/h6-9,15-17,19,32H,1,10-14,18H2,2-5H3,(H,29,33). The van der Waals surface area contributed by atoms with Crippen molar-refractivity contribution in [3.05, 3.63) is 60.3 Å². The Morgan fingerprint density at radius 3 is 2.65 bits per heavy atom. The van der Waals surface area contributed by atoms with Crippen molar-refractivity contribution in [2.45, 2.75) is 45.9 Å². The minimum absolute atomic E-state index is 0.0900. The highest BCUT2D eigenvalue weighted by atomic mass is 16.6. The van der Waals surface area contributed by atoms with Crippen LogP contribution in [0.4, 0.5) is 26.8 Å². The Bertz CT molecular complexity index is 1090. The molecule has 2 heterocycles. The third-order valence-electron chi connectivity index (χ3n) is 5.56. The van der Waals surface area contributed by atoms with Crippen molar-refractivity contribution in [1.82, 2.24) is 4.98 Å². The molecule has 0 bridgehead atoms. The van der Waals surface area contributed by atoms with Crippen LogP contribution in [0, 0.1) is 0 Å². The second-order valence-corrected chi connectivity index (χ2v) is 9.60. The number of aliphatic hydroxyl groups is 1. The number of carbonyl (C=O) groups is 2.